The second-order valence-corrected chi connectivity index (χ2v) is 10.1. The van der Waals surface area contributed by atoms with Crippen molar-refractivity contribution in [3.05, 3.63) is 167 Å². The molecule has 0 fully saturated rings. The molecule has 0 N–H and O–H groups in total. The van der Waals surface area contributed by atoms with Gasteiger partial charge in [-0.25, -0.2) is 0 Å². The van der Waals surface area contributed by atoms with Gasteiger partial charge in [-0.2, -0.15) is 0 Å². The van der Waals surface area contributed by atoms with Crippen LogP contribution >= 0.6 is 0 Å². The molecule has 6 aromatic carbocycles. The lowest BCUT2D eigenvalue weighted by Gasteiger charge is -2.13. The average molecular weight is 509 g/mol. The Morgan fingerprint density at radius 1 is 0.350 bits per heavy atom. The number of hydrogen-bond acceptors (Lipinski definition) is 0. The van der Waals surface area contributed by atoms with Crippen molar-refractivity contribution < 1.29 is 0 Å². The first-order chi connectivity index (χ1) is 19.6. The van der Waals surface area contributed by atoms with Crippen LogP contribution in [0.2, 0.25) is 0 Å². The summed E-state index contributed by atoms with van der Waals surface area (Å²) in [5.41, 5.74) is 11.3. The Bertz CT molecular complexity index is 1770. The third-order valence-corrected chi connectivity index (χ3v) is 7.10. The molecule has 6 aromatic rings. The molecule has 0 heteroatoms. The van der Waals surface area contributed by atoms with Crippen LogP contribution in [0.5, 0.6) is 0 Å². The van der Waals surface area contributed by atoms with Crippen LogP contribution in [0.3, 0.4) is 0 Å². The van der Waals surface area contributed by atoms with Crippen molar-refractivity contribution >= 4 is 10.8 Å². The van der Waals surface area contributed by atoms with Gasteiger partial charge in [0.05, 0.1) is 0 Å². The minimum Gasteiger partial charge on any atom is -0.0617 e. The van der Waals surface area contributed by atoms with Gasteiger partial charge >= 0.3 is 0 Å². The number of benzene rings is 6. The molecule has 0 aliphatic heterocycles. The summed E-state index contributed by atoms with van der Waals surface area (Å²) in [6, 6.07) is 46.8. The highest BCUT2D eigenvalue weighted by Crippen LogP contribution is 2.36. The first kappa shape index (κ1) is 25.0. The van der Waals surface area contributed by atoms with E-state index < -0.39 is 0 Å². The van der Waals surface area contributed by atoms with Gasteiger partial charge in [0.25, 0.3) is 0 Å². The lowest BCUT2D eigenvalue weighted by atomic mass is 9.91. The predicted molar refractivity (Wildman–Crippen MR) is 169 cm³/mol. The van der Waals surface area contributed by atoms with Gasteiger partial charge in [0, 0.05) is 22.3 Å². The largest absolute Gasteiger partial charge is 0.0617 e. The molecule has 0 saturated carbocycles. The van der Waals surface area contributed by atoms with Crippen molar-refractivity contribution in [1.82, 2.24) is 0 Å². The third-order valence-electron chi connectivity index (χ3n) is 7.10. The van der Waals surface area contributed by atoms with E-state index >= 15 is 0 Å². The van der Waals surface area contributed by atoms with Crippen molar-refractivity contribution in [2.45, 2.75) is 13.8 Å². The summed E-state index contributed by atoms with van der Waals surface area (Å²) in [6.45, 7) is 4.18. The zero-order valence-electron chi connectivity index (χ0n) is 22.7. The van der Waals surface area contributed by atoms with Gasteiger partial charge in [-0.3, -0.25) is 0 Å². The lowest BCUT2D eigenvalue weighted by molar-refractivity contribution is 1.46. The van der Waals surface area contributed by atoms with E-state index in [4.69, 9.17) is 0 Å². The van der Waals surface area contributed by atoms with Crippen LogP contribution < -0.4 is 0 Å². The zero-order valence-corrected chi connectivity index (χ0v) is 22.7. The summed E-state index contributed by atoms with van der Waals surface area (Å²) in [5.74, 6) is 13.1. The Morgan fingerprint density at radius 2 is 0.675 bits per heavy atom. The molecule has 0 nitrogen and oxygen atoms in total. The van der Waals surface area contributed by atoms with Crippen molar-refractivity contribution in [3.63, 3.8) is 0 Å². The van der Waals surface area contributed by atoms with Crippen LogP contribution in [0.15, 0.2) is 133 Å². The standard InChI is InChI=1S/C40H28/c1-29-9-13-31(14-10-29)17-19-33-21-25-35(26-22-33)38-7-3-5-37-6-4-8-39(40(37)38)36-27-23-34(24-28-36)20-18-32-15-11-30(2)12-16-32/h3-16,21-28H,1-2H3. The molecule has 0 spiro atoms. The maximum absolute atomic E-state index is 3.30. The molecule has 0 unspecified atom stereocenters. The average Bonchev–Trinajstić information content (AvgIpc) is 3.00. The van der Waals surface area contributed by atoms with Crippen molar-refractivity contribution in [3.8, 4) is 45.9 Å². The molecule has 0 bridgehead atoms. The highest BCUT2D eigenvalue weighted by atomic mass is 14.1. The minimum absolute atomic E-state index is 1.01. The second kappa shape index (κ2) is 11.2. The lowest BCUT2D eigenvalue weighted by Crippen LogP contribution is -1.87. The van der Waals surface area contributed by atoms with Crippen LogP contribution in [0, 0.1) is 37.5 Å². The smallest absolute Gasteiger partial charge is 0.0249 e. The summed E-state index contributed by atoms with van der Waals surface area (Å²) >= 11 is 0. The predicted octanol–water partition coefficient (Wildman–Crippen LogP) is 9.59. The van der Waals surface area contributed by atoms with Gasteiger partial charge in [-0.15, -0.1) is 0 Å². The molecule has 40 heavy (non-hydrogen) atoms. The van der Waals surface area contributed by atoms with E-state index in [9.17, 15) is 0 Å². The molecule has 0 amide bonds. The molecular weight excluding hydrogens is 480 g/mol. The Labute approximate surface area is 237 Å². The minimum atomic E-state index is 1.01. The Kier molecular flexibility index (Phi) is 7.01. The van der Waals surface area contributed by atoms with Crippen LogP contribution in [0.4, 0.5) is 0 Å². The maximum Gasteiger partial charge on any atom is 0.0249 e. The van der Waals surface area contributed by atoms with Crippen molar-refractivity contribution in [2.24, 2.45) is 0 Å². The highest BCUT2D eigenvalue weighted by Gasteiger charge is 2.10. The molecule has 0 radical (unpaired) electrons. The maximum atomic E-state index is 3.30. The summed E-state index contributed by atoms with van der Waals surface area (Å²) in [4.78, 5) is 0. The van der Waals surface area contributed by atoms with Crippen molar-refractivity contribution in [2.75, 3.05) is 0 Å². The fraction of sp³-hybridized carbons (Fsp3) is 0.0500. The summed E-state index contributed by atoms with van der Waals surface area (Å²) in [5, 5.41) is 2.48. The Morgan fingerprint density at radius 3 is 1.02 bits per heavy atom. The van der Waals surface area contributed by atoms with E-state index in [2.05, 4.69) is 171 Å². The van der Waals surface area contributed by atoms with E-state index in [0.29, 0.717) is 0 Å². The quantitative estimate of drug-likeness (QED) is 0.204. The molecule has 6 rings (SSSR count). The molecule has 188 valence electrons. The van der Waals surface area contributed by atoms with E-state index in [1.54, 1.807) is 0 Å². The second-order valence-electron chi connectivity index (χ2n) is 10.1. The zero-order chi connectivity index (χ0) is 27.3. The molecule has 0 atom stereocenters. The van der Waals surface area contributed by atoms with E-state index in [1.165, 1.54) is 44.2 Å². The number of fused-ring (bicyclic) bond motifs is 1. The molecular formula is C40H28. The normalized spacial score (nSPS) is 10.3. The number of rotatable bonds is 2. The van der Waals surface area contributed by atoms with Crippen LogP contribution in [0.1, 0.15) is 33.4 Å². The number of hydrogen-bond donors (Lipinski definition) is 0. The van der Waals surface area contributed by atoms with Gasteiger partial charge in [-0.1, -0.05) is 120 Å². The summed E-state index contributed by atoms with van der Waals surface area (Å²) in [6.07, 6.45) is 0. The molecule has 0 aromatic heterocycles. The number of aryl methyl sites for hydroxylation is 2. The summed E-state index contributed by atoms with van der Waals surface area (Å²) in [7, 11) is 0. The van der Waals surface area contributed by atoms with Crippen LogP contribution in [0.25, 0.3) is 33.0 Å². The van der Waals surface area contributed by atoms with Gasteiger partial charge < -0.3 is 0 Å². The monoisotopic (exact) mass is 508 g/mol. The Hall–Kier alpha value is -5.30. The highest BCUT2D eigenvalue weighted by molar-refractivity contribution is 6.06. The van der Waals surface area contributed by atoms with E-state index in [0.717, 1.165) is 22.3 Å². The van der Waals surface area contributed by atoms with E-state index in [-0.39, 0.29) is 0 Å². The molecule has 0 saturated heterocycles. The third kappa shape index (κ3) is 5.59. The molecule has 0 aliphatic rings. The van der Waals surface area contributed by atoms with Crippen molar-refractivity contribution in [1.29, 1.82) is 0 Å². The molecule has 0 aliphatic carbocycles. The Balaban J connectivity index is 1.31. The van der Waals surface area contributed by atoms with E-state index in [1.807, 2.05) is 0 Å². The topological polar surface area (TPSA) is 0 Å². The van der Waals surface area contributed by atoms with Gasteiger partial charge in [0.1, 0.15) is 0 Å². The first-order valence-electron chi connectivity index (χ1n) is 13.5. The fourth-order valence-electron chi connectivity index (χ4n) is 4.85. The van der Waals surface area contributed by atoms with Gasteiger partial charge in [0.15, 0.2) is 0 Å². The van der Waals surface area contributed by atoms with Gasteiger partial charge in [-0.05, 0) is 95.4 Å². The van der Waals surface area contributed by atoms with Crippen LogP contribution in [-0.4, -0.2) is 0 Å². The SMILES string of the molecule is Cc1ccc(C#Cc2ccc(-c3cccc4cccc(-c5ccc(C#Cc6ccc(C)cc6)cc5)c34)cc2)cc1. The summed E-state index contributed by atoms with van der Waals surface area (Å²) < 4.78 is 0. The van der Waals surface area contributed by atoms with Gasteiger partial charge in [0.2, 0.25) is 0 Å². The molecule has 0 heterocycles. The fourth-order valence-corrected chi connectivity index (χ4v) is 4.85. The van der Waals surface area contributed by atoms with Crippen LogP contribution in [-0.2, 0) is 0 Å². The first-order valence-corrected chi connectivity index (χ1v) is 13.5.